The van der Waals surface area contributed by atoms with Crippen LogP contribution in [-0.2, 0) is 0 Å². The summed E-state index contributed by atoms with van der Waals surface area (Å²) in [5.74, 6) is 4.85. The number of nitrogens with zero attached hydrogens (tertiary/aromatic N) is 9. The van der Waals surface area contributed by atoms with Gasteiger partial charge in [-0.2, -0.15) is 0 Å². The Morgan fingerprint density at radius 3 is 0.500 bits per heavy atom. The van der Waals surface area contributed by atoms with Crippen molar-refractivity contribution >= 4 is 75.1 Å². The molecule has 0 bridgehead atoms. The standard InChI is InChI=1S/C96H84BN9/c1-61-67(7)94(68(8)62(2)91(61)79-37-31-73(32-38-79)76-43-49-82(50-44-76)104(85-25-13-19-55-98-85)86-26-14-20-56-99-86)97(95-69(9)63(3)92(64(4)70(95)10)80-39-33-74(34-40-80)77-45-51-83(52-46-77)105(87-27-15-21-57-100-87)88-28-16-22-58-101-88)96-71(11)65(5)93(66(6)72(96)12)81-41-35-75(36-42-81)78-47-53-84(54-48-78)106(89-29-17-23-59-102-89)90-30-18-24-60-103-90/h13-60H,1-12H3. The van der Waals surface area contributed by atoms with Crippen molar-refractivity contribution in [2.75, 3.05) is 14.7 Å². The summed E-state index contributed by atoms with van der Waals surface area (Å²) >= 11 is 0. The highest BCUT2D eigenvalue weighted by atomic mass is 15.3. The molecule has 10 heteroatoms. The molecule has 9 aromatic carbocycles. The number of aromatic nitrogens is 6. The summed E-state index contributed by atoms with van der Waals surface area (Å²) in [5, 5.41) is 0. The van der Waals surface area contributed by atoms with E-state index < -0.39 is 0 Å². The van der Waals surface area contributed by atoms with Gasteiger partial charge in [0.2, 0.25) is 6.71 Å². The second-order valence-electron chi connectivity index (χ2n) is 27.8. The average molecular weight is 1370 g/mol. The van der Waals surface area contributed by atoms with Crippen LogP contribution in [0.5, 0.6) is 0 Å². The van der Waals surface area contributed by atoms with Crippen molar-refractivity contribution in [2.45, 2.75) is 83.1 Å². The molecule has 6 heterocycles. The Morgan fingerprint density at radius 1 is 0.179 bits per heavy atom. The fraction of sp³-hybridized carbons (Fsp3) is 0.125. The predicted molar refractivity (Wildman–Crippen MR) is 444 cm³/mol. The van der Waals surface area contributed by atoms with Crippen LogP contribution in [0, 0.1) is 83.1 Å². The minimum Gasteiger partial charge on any atom is -0.279 e. The van der Waals surface area contributed by atoms with E-state index in [-0.39, 0.29) is 6.71 Å². The smallest absolute Gasteiger partial charge is 0.243 e. The van der Waals surface area contributed by atoms with Crippen LogP contribution in [0.4, 0.5) is 52.0 Å². The number of benzene rings is 9. The quantitative estimate of drug-likeness (QED) is 0.0780. The average Bonchev–Trinajstić information content (AvgIpc) is 0.719. The first kappa shape index (κ1) is 69.1. The predicted octanol–water partition coefficient (Wildman–Crippen LogP) is 22.7. The van der Waals surface area contributed by atoms with Gasteiger partial charge in [-0.05, 0) is 292 Å². The maximum atomic E-state index is 4.71. The molecule has 0 aliphatic carbocycles. The molecule has 0 atom stereocenters. The lowest BCUT2D eigenvalue weighted by Crippen LogP contribution is -2.58. The third-order valence-corrected chi connectivity index (χ3v) is 22.1. The van der Waals surface area contributed by atoms with Crippen molar-refractivity contribution in [3.63, 3.8) is 0 Å². The van der Waals surface area contributed by atoms with Crippen molar-refractivity contribution in [1.29, 1.82) is 0 Å². The van der Waals surface area contributed by atoms with Gasteiger partial charge in [0.05, 0.1) is 0 Å². The van der Waals surface area contributed by atoms with E-state index in [2.05, 4.69) is 243 Å². The molecule has 9 nitrogen and oxygen atoms in total. The molecule has 0 amide bonds. The molecule has 0 unspecified atom stereocenters. The number of rotatable bonds is 18. The van der Waals surface area contributed by atoms with E-state index in [1.165, 1.54) is 117 Å². The highest BCUT2D eigenvalue weighted by molar-refractivity contribution is 6.97. The van der Waals surface area contributed by atoms with Crippen molar-refractivity contribution in [1.82, 2.24) is 29.9 Å². The van der Waals surface area contributed by atoms with E-state index in [4.69, 9.17) is 29.9 Å². The lowest BCUT2D eigenvalue weighted by atomic mass is 9.32. The molecule has 0 spiro atoms. The number of pyridine rings is 6. The molecule has 0 saturated carbocycles. The Balaban J connectivity index is 0.798. The van der Waals surface area contributed by atoms with Gasteiger partial charge < -0.3 is 0 Å². The Labute approximate surface area is 624 Å². The Hall–Kier alpha value is -12.7. The fourth-order valence-corrected chi connectivity index (χ4v) is 16.0. The lowest BCUT2D eigenvalue weighted by molar-refractivity contribution is 1.12. The van der Waals surface area contributed by atoms with Crippen LogP contribution in [0.25, 0.3) is 66.8 Å². The monoisotopic (exact) mass is 1370 g/mol. The van der Waals surface area contributed by atoms with Gasteiger partial charge in [0.15, 0.2) is 0 Å². The molecular weight excluding hydrogens is 1290 g/mol. The number of anilines is 9. The lowest BCUT2D eigenvalue weighted by Gasteiger charge is -2.33. The van der Waals surface area contributed by atoms with E-state index in [0.29, 0.717) is 0 Å². The topological polar surface area (TPSA) is 87.1 Å². The zero-order valence-electron chi connectivity index (χ0n) is 62.3. The van der Waals surface area contributed by atoms with Gasteiger partial charge in [-0.1, -0.05) is 195 Å². The summed E-state index contributed by atoms with van der Waals surface area (Å²) in [5.41, 5.74) is 37.2. The highest BCUT2D eigenvalue weighted by Crippen LogP contribution is 2.42. The molecule has 0 aliphatic heterocycles. The zero-order chi connectivity index (χ0) is 73.3. The molecule has 0 saturated heterocycles. The summed E-state index contributed by atoms with van der Waals surface area (Å²) in [6.07, 6.45) is 10.9. The second-order valence-corrected chi connectivity index (χ2v) is 27.8. The normalized spacial score (nSPS) is 11.2. The molecule has 0 fully saturated rings. The van der Waals surface area contributed by atoms with Crippen LogP contribution >= 0.6 is 0 Å². The molecule has 6 aromatic heterocycles. The minimum atomic E-state index is -0.0887. The number of hydrogen-bond donors (Lipinski definition) is 0. The van der Waals surface area contributed by atoms with Crippen molar-refractivity contribution < 1.29 is 0 Å². The summed E-state index contributed by atoms with van der Waals surface area (Å²) in [6, 6.07) is 89.5. The van der Waals surface area contributed by atoms with Gasteiger partial charge in [0, 0.05) is 54.2 Å². The molecule has 0 aliphatic rings. The molecule has 0 N–H and O–H groups in total. The molecule has 15 rings (SSSR count). The number of hydrogen-bond acceptors (Lipinski definition) is 9. The molecule has 15 aromatic rings. The SMILES string of the molecule is Cc1c(C)c(-c2ccc(-c3ccc(N(c4ccccn4)c4ccccn4)cc3)cc2)c(C)c(C)c1B(c1c(C)c(C)c(-c2ccc(-c3ccc(N(c4ccccn4)c4ccccn4)cc3)cc2)c(C)c1C)c1c(C)c(C)c(-c2ccc(-c3ccc(N(c4ccccn4)c4ccccn4)cc3)cc2)c(C)c1C. The zero-order valence-corrected chi connectivity index (χ0v) is 62.3. The van der Waals surface area contributed by atoms with Crippen LogP contribution in [0.3, 0.4) is 0 Å². The van der Waals surface area contributed by atoms with E-state index in [1.54, 1.807) is 0 Å². The first-order valence-corrected chi connectivity index (χ1v) is 36.4. The first-order valence-electron chi connectivity index (χ1n) is 36.4. The van der Waals surface area contributed by atoms with Gasteiger partial charge in [0.1, 0.15) is 34.9 Å². The fourth-order valence-electron chi connectivity index (χ4n) is 16.0. The third kappa shape index (κ3) is 13.0. The van der Waals surface area contributed by atoms with Gasteiger partial charge in [0.25, 0.3) is 0 Å². The summed E-state index contributed by atoms with van der Waals surface area (Å²) < 4.78 is 0. The van der Waals surface area contributed by atoms with Crippen LogP contribution in [-0.4, -0.2) is 36.6 Å². The van der Waals surface area contributed by atoms with E-state index in [0.717, 1.165) is 85.4 Å². The van der Waals surface area contributed by atoms with Crippen LogP contribution in [0.15, 0.2) is 292 Å². The summed E-state index contributed by atoms with van der Waals surface area (Å²) in [4.78, 5) is 34.5. The Morgan fingerprint density at radius 2 is 0.340 bits per heavy atom. The Kier molecular flexibility index (Phi) is 19.3. The molecular formula is C96H84BN9. The van der Waals surface area contributed by atoms with Gasteiger partial charge in [-0.15, -0.1) is 0 Å². The first-order chi connectivity index (χ1) is 51.6. The Bertz CT molecular complexity index is 4880. The van der Waals surface area contributed by atoms with Gasteiger partial charge in [-0.25, -0.2) is 29.9 Å². The summed E-state index contributed by atoms with van der Waals surface area (Å²) in [7, 11) is 0. The highest BCUT2D eigenvalue weighted by Gasteiger charge is 2.36. The van der Waals surface area contributed by atoms with Crippen LogP contribution in [0.2, 0.25) is 0 Å². The van der Waals surface area contributed by atoms with Gasteiger partial charge >= 0.3 is 0 Å². The van der Waals surface area contributed by atoms with Crippen molar-refractivity contribution in [3.05, 3.63) is 359 Å². The molecule has 106 heavy (non-hydrogen) atoms. The summed E-state index contributed by atoms with van der Waals surface area (Å²) in [6.45, 7) is 28.4. The molecule has 0 radical (unpaired) electrons. The van der Waals surface area contributed by atoms with Crippen LogP contribution in [0.1, 0.15) is 66.8 Å². The van der Waals surface area contributed by atoms with Crippen molar-refractivity contribution in [3.8, 4) is 66.8 Å². The minimum absolute atomic E-state index is 0.0887. The van der Waals surface area contributed by atoms with Crippen molar-refractivity contribution in [2.24, 2.45) is 0 Å². The molecule has 516 valence electrons. The van der Waals surface area contributed by atoms with E-state index in [1.807, 2.05) is 146 Å². The van der Waals surface area contributed by atoms with Gasteiger partial charge in [-0.3, -0.25) is 14.7 Å². The maximum absolute atomic E-state index is 4.71. The second kappa shape index (κ2) is 29.6. The van der Waals surface area contributed by atoms with Crippen LogP contribution < -0.4 is 31.1 Å². The van der Waals surface area contributed by atoms with E-state index >= 15 is 0 Å². The largest absolute Gasteiger partial charge is 0.279 e. The van der Waals surface area contributed by atoms with E-state index in [9.17, 15) is 0 Å². The third-order valence-electron chi connectivity index (χ3n) is 22.1. The maximum Gasteiger partial charge on any atom is 0.243 e.